The van der Waals surface area contributed by atoms with Gasteiger partial charge in [-0.15, -0.1) is 0 Å². The Morgan fingerprint density at radius 2 is 1.62 bits per heavy atom. The zero-order valence-electron chi connectivity index (χ0n) is 18.4. The van der Waals surface area contributed by atoms with E-state index < -0.39 is 15.9 Å². The van der Waals surface area contributed by atoms with Gasteiger partial charge in [0.25, 0.3) is 10.0 Å². The van der Waals surface area contributed by atoms with Gasteiger partial charge in [-0.3, -0.25) is 14.3 Å². The molecule has 3 rings (SSSR count). The number of para-hydroxylation sites is 2. The zero-order valence-corrected chi connectivity index (χ0v) is 19.3. The van der Waals surface area contributed by atoms with Gasteiger partial charge in [-0.1, -0.05) is 42.5 Å². The highest BCUT2D eigenvalue weighted by molar-refractivity contribution is 7.92. The highest BCUT2D eigenvalue weighted by Crippen LogP contribution is 2.30. The molecule has 34 heavy (non-hydrogen) atoms. The minimum atomic E-state index is -4.03. The molecule has 0 saturated carbocycles. The third-order valence-corrected chi connectivity index (χ3v) is 6.15. The second kappa shape index (κ2) is 11.2. The molecule has 0 fully saturated rings. The van der Waals surface area contributed by atoms with Gasteiger partial charge in [0.05, 0.1) is 29.8 Å². The van der Waals surface area contributed by atoms with Gasteiger partial charge < -0.3 is 20.5 Å². The first-order chi connectivity index (χ1) is 16.3. The van der Waals surface area contributed by atoms with Crippen molar-refractivity contribution in [2.75, 3.05) is 23.7 Å². The number of nitrogens with one attached hydrogen (secondary N) is 3. The van der Waals surface area contributed by atoms with Gasteiger partial charge >= 0.3 is 0 Å². The van der Waals surface area contributed by atoms with Crippen LogP contribution >= 0.6 is 0 Å². The molecule has 0 saturated heterocycles. The molecule has 0 radical (unpaired) electrons. The van der Waals surface area contributed by atoms with Gasteiger partial charge in [0.15, 0.2) is 0 Å². The van der Waals surface area contributed by atoms with Crippen molar-refractivity contribution in [2.45, 2.75) is 17.7 Å². The Balaban J connectivity index is 1.59. The third-order valence-electron chi connectivity index (χ3n) is 4.79. The van der Waals surface area contributed by atoms with E-state index >= 15 is 0 Å². The van der Waals surface area contributed by atoms with E-state index in [9.17, 15) is 23.1 Å². The van der Waals surface area contributed by atoms with Gasteiger partial charge in [-0.25, -0.2) is 8.42 Å². The van der Waals surface area contributed by atoms with Crippen molar-refractivity contribution < 1.29 is 27.9 Å². The Bertz CT molecular complexity index is 1260. The van der Waals surface area contributed by atoms with Crippen LogP contribution in [0.3, 0.4) is 0 Å². The summed E-state index contributed by atoms with van der Waals surface area (Å²) < 4.78 is 33.2. The van der Waals surface area contributed by atoms with E-state index in [0.717, 1.165) is 11.6 Å². The number of sulfonamides is 1. The van der Waals surface area contributed by atoms with Crippen LogP contribution in [0.25, 0.3) is 0 Å². The van der Waals surface area contributed by atoms with Crippen LogP contribution in [-0.2, 0) is 26.0 Å². The molecule has 0 atom stereocenters. The van der Waals surface area contributed by atoms with Crippen molar-refractivity contribution in [1.29, 1.82) is 0 Å². The number of phenolic OH excluding ortho intramolecular Hbond substituents is 1. The number of hydrogen-bond donors (Lipinski definition) is 4. The van der Waals surface area contributed by atoms with Gasteiger partial charge in [0.1, 0.15) is 11.5 Å². The van der Waals surface area contributed by atoms with E-state index in [0.29, 0.717) is 5.75 Å². The molecule has 0 heterocycles. The molecule has 4 N–H and O–H groups in total. The standard InChI is InChI=1S/C24H25N3O6S/c1-33-22-10-6-5-9-19(22)27-34(31,32)18-11-12-21(28)20(16-18)26-23(29)13-14-25-24(30)15-17-7-3-2-4-8-17/h2-12,16,27-28H,13-15H2,1H3,(H,25,30)(H,26,29). The van der Waals surface area contributed by atoms with Gasteiger partial charge in [0.2, 0.25) is 11.8 Å². The molecule has 0 aliphatic heterocycles. The van der Waals surface area contributed by atoms with Crippen LogP contribution < -0.4 is 20.1 Å². The second-order valence-corrected chi connectivity index (χ2v) is 8.98. The molecule has 2 amide bonds. The number of carbonyl (C=O) groups is 2. The molecule has 3 aromatic rings. The topological polar surface area (TPSA) is 134 Å². The number of ether oxygens (including phenoxy) is 1. The molecule has 10 heteroatoms. The lowest BCUT2D eigenvalue weighted by Crippen LogP contribution is -2.28. The number of anilines is 2. The summed E-state index contributed by atoms with van der Waals surface area (Å²) in [6.07, 6.45) is 0.138. The van der Waals surface area contributed by atoms with Crippen LogP contribution in [0.2, 0.25) is 0 Å². The molecule has 0 aliphatic carbocycles. The van der Waals surface area contributed by atoms with E-state index in [-0.39, 0.29) is 47.3 Å². The highest BCUT2D eigenvalue weighted by atomic mass is 32.2. The smallest absolute Gasteiger partial charge is 0.262 e. The van der Waals surface area contributed by atoms with Crippen LogP contribution in [0.4, 0.5) is 11.4 Å². The molecular formula is C24H25N3O6S. The van der Waals surface area contributed by atoms with Crippen LogP contribution in [0.5, 0.6) is 11.5 Å². The van der Waals surface area contributed by atoms with Gasteiger partial charge in [0, 0.05) is 13.0 Å². The van der Waals surface area contributed by atoms with Gasteiger partial charge in [-0.05, 0) is 35.9 Å². The van der Waals surface area contributed by atoms with Gasteiger partial charge in [-0.2, -0.15) is 0 Å². The summed E-state index contributed by atoms with van der Waals surface area (Å²) >= 11 is 0. The lowest BCUT2D eigenvalue weighted by Gasteiger charge is -2.13. The van der Waals surface area contributed by atoms with E-state index in [2.05, 4.69) is 15.4 Å². The fourth-order valence-corrected chi connectivity index (χ4v) is 4.18. The Morgan fingerprint density at radius 1 is 0.912 bits per heavy atom. The van der Waals surface area contributed by atoms with E-state index in [4.69, 9.17) is 4.74 Å². The lowest BCUT2D eigenvalue weighted by molar-refractivity contribution is -0.120. The number of aromatic hydroxyl groups is 1. The Hall–Kier alpha value is -4.05. The number of hydrogen-bond acceptors (Lipinski definition) is 6. The van der Waals surface area contributed by atoms with E-state index in [1.165, 1.54) is 19.2 Å². The maximum absolute atomic E-state index is 12.8. The van der Waals surface area contributed by atoms with Crippen molar-refractivity contribution in [3.8, 4) is 11.5 Å². The number of amides is 2. The van der Waals surface area contributed by atoms with Crippen molar-refractivity contribution in [3.63, 3.8) is 0 Å². The second-order valence-electron chi connectivity index (χ2n) is 7.30. The summed E-state index contributed by atoms with van der Waals surface area (Å²) in [5.74, 6) is -0.676. The maximum Gasteiger partial charge on any atom is 0.262 e. The predicted octanol–water partition coefficient (Wildman–Crippen LogP) is 2.89. The maximum atomic E-state index is 12.8. The zero-order chi connectivity index (χ0) is 24.6. The summed E-state index contributed by atoms with van der Waals surface area (Å²) in [5, 5.41) is 15.2. The Morgan fingerprint density at radius 3 is 2.35 bits per heavy atom. The fourth-order valence-electron chi connectivity index (χ4n) is 3.09. The molecule has 0 aliphatic rings. The van der Waals surface area contributed by atoms with Crippen LogP contribution in [0.1, 0.15) is 12.0 Å². The molecule has 3 aromatic carbocycles. The van der Waals surface area contributed by atoms with Crippen molar-refractivity contribution in [3.05, 3.63) is 78.4 Å². The molecule has 0 bridgehead atoms. The van der Waals surface area contributed by atoms with Crippen LogP contribution in [0, 0.1) is 0 Å². The molecule has 0 unspecified atom stereocenters. The van der Waals surface area contributed by atoms with Crippen LogP contribution in [0.15, 0.2) is 77.7 Å². The quantitative estimate of drug-likeness (QED) is 0.328. The van der Waals surface area contributed by atoms with Crippen molar-refractivity contribution in [2.24, 2.45) is 0 Å². The average molecular weight is 484 g/mol. The predicted molar refractivity (Wildman–Crippen MR) is 128 cm³/mol. The summed E-state index contributed by atoms with van der Waals surface area (Å²) in [7, 11) is -2.61. The number of methoxy groups -OCH3 is 1. The van der Waals surface area contributed by atoms with E-state index in [1.54, 1.807) is 24.3 Å². The van der Waals surface area contributed by atoms with Crippen molar-refractivity contribution in [1.82, 2.24) is 5.32 Å². The number of rotatable bonds is 10. The van der Waals surface area contributed by atoms with Crippen LogP contribution in [-0.4, -0.2) is 39.0 Å². The molecule has 9 nitrogen and oxygen atoms in total. The Kier molecular flexibility index (Phi) is 8.10. The average Bonchev–Trinajstić information content (AvgIpc) is 2.81. The molecule has 0 spiro atoms. The third kappa shape index (κ3) is 6.72. The largest absolute Gasteiger partial charge is 0.506 e. The SMILES string of the molecule is COc1ccccc1NS(=O)(=O)c1ccc(O)c(NC(=O)CCNC(=O)Cc2ccccc2)c1. The van der Waals surface area contributed by atoms with Crippen molar-refractivity contribution >= 4 is 33.2 Å². The minimum absolute atomic E-state index is 0.0591. The fraction of sp³-hybridized carbons (Fsp3) is 0.167. The molecule has 0 aromatic heterocycles. The first-order valence-corrected chi connectivity index (χ1v) is 11.9. The summed E-state index contributed by atoms with van der Waals surface area (Å²) in [6.45, 7) is 0.0889. The number of phenols is 1. The minimum Gasteiger partial charge on any atom is -0.506 e. The highest BCUT2D eigenvalue weighted by Gasteiger charge is 2.19. The molecular weight excluding hydrogens is 458 g/mol. The number of benzene rings is 3. The summed E-state index contributed by atoms with van der Waals surface area (Å²) in [4.78, 5) is 24.1. The molecule has 178 valence electrons. The normalized spacial score (nSPS) is 10.9. The lowest BCUT2D eigenvalue weighted by atomic mass is 10.1. The Labute approximate surface area is 197 Å². The first-order valence-electron chi connectivity index (χ1n) is 10.4. The first kappa shape index (κ1) is 24.6. The summed E-state index contributed by atoms with van der Waals surface area (Å²) in [6, 6.07) is 19.2. The monoisotopic (exact) mass is 483 g/mol. The summed E-state index contributed by atoms with van der Waals surface area (Å²) in [5.41, 5.74) is 1.03. The number of carbonyl (C=O) groups excluding carboxylic acids is 2. The van der Waals surface area contributed by atoms with E-state index in [1.807, 2.05) is 30.3 Å².